The molecule has 0 aromatic carbocycles. The number of hydrogen-bond acceptors (Lipinski definition) is 2. The molecule has 0 aliphatic heterocycles. The molecule has 2 nitrogen and oxygen atoms in total. The van der Waals surface area contributed by atoms with Crippen LogP contribution in [0.25, 0.3) is 0 Å². The van der Waals surface area contributed by atoms with E-state index in [4.69, 9.17) is 10.4 Å². The Morgan fingerprint density at radius 3 is 2.11 bits per heavy atom. The number of hydrogen-bond donors (Lipinski definition) is 1. The van der Waals surface area contributed by atoms with Crippen molar-refractivity contribution in [3.8, 4) is 6.07 Å². The van der Waals surface area contributed by atoms with Crippen LogP contribution in [0.15, 0.2) is 36.6 Å². The van der Waals surface area contributed by atoms with Gasteiger partial charge in [-0.05, 0) is 12.2 Å². The molecule has 0 rings (SSSR count). The Morgan fingerprint density at radius 2 is 2.00 bits per heavy atom. The zero-order valence-electron chi connectivity index (χ0n) is 4.96. The number of aliphatic hydroxyl groups is 1. The molecule has 0 aliphatic carbocycles. The molecule has 0 saturated carbocycles. The molecule has 0 aromatic heterocycles. The summed E-state index contributed by atoms with van der Waals surface area (Å²) >= 11 is 0. The highest BCUT2D eigenvalue weighted by molar-refractivity contribution is 5.37. The van der Waals surface area contributed by atoms with Gasteiger partial charge in [0.25, 0.3) is 0 Å². The first kappa shape index (κ1) is 7.51. The Morgan fingerprint density at radius 1 is 1.44 bits per heavy atom. The molecule has 0 spiro atoms. The molecular weight excluding hydrogens is 114 g/mol. The Hall–Kier alpha value is -1.49. The molecule has 1 N–H and O–H groups in total. The van der Waals surface area contributed by atoms with E-state index >= 15 is 0 Å². The molecule has 0 atom stereocenters. The highest BCUT2D eigenvalue weighted by Gasteiger charge is 1.92. The van der Waals surface area contributed by atoms with Crippen molar-refractivity contribution in [3.63, 3.8) is 0 Å². The lowest BCUT2D eigenvalue weighted by Crippen LogP contribution is -1.79. The van der Waals surface area contributed by atoms with Crippen LogP contribution in [0.2, 0.25) is 0 Å². The predicted molar refractivity (Wildman–Crippen MR) is 35.7 cm³/mol. The Bertz CT molecular complexity index is 195. The zero-order valence-corrected chi connectivity index (χ0v) is 4.96. The van der Waals surface area contributed by atoms with Crippen LogP contribution in [0.4, 0.5) is 0 Å². The molecule has 0 radical (unpaired) electrons. The van der Waals surface area contributed by atoms with Crippen molar-refractivity contribution in [1.82, 2.24) is 0 Å². The van der Waals surface area contributed by atoms with E-state index < -0.39 is 0 Å². The van der Waals surface area contributed by atoms with Gasteiger partial charge in [-0.3, -0.25) is 0 Å². The summed E-state index contributed by atoms with van der Waals surface area (Å²) in [5.41, 5.74) is 0.144. The lowest BCUT2D eigenvalue weighted by molar-refractivity contribution is 0.430. The minimum Gasteiger partial charge on any atom is -0.507 e. The lowest BCUT2D eigenvalue weighted by atomic mass is 10.2. The molecule has 0 fully saturated rings. The van der Waals surface area contributed by atoms with Gasteiger partial charge in [0.1, 0.15) is 11.8 Å². The molecule has 0 aromatic rings. The van der Waals surface area contributed by atoms with Gasteiger partial charge in [0.2, 0.25) is 0 Å². The van der Waals surface area contributed by atoms with Gasteiger partial charge in [-0.15, -0.1) is 0 Å². The molecule has 0 saturated heterocycles. The van der Waals surface area contributed by atoms with Gasteiger partial charge < -0.3 is 5.11 Å². The maximum atomic E-state index is 8.79. The summed E-state index contributed by atoms with van der Waals surface area (Å²) in [4.78, 5) is 0. The largest absolute Gasteiger partial charge is 0.507 e. The first-order valence-electron chi connectivity index (χ1n) is 2.34. The predicted octanol–water partition coefficient (Wildman–Crippen LogP) is 1.69. The van der Waals surface area contributed by atoms with E-state index in [-0.39, 0.29) is 11.3 Å². The fraction of sp³-hybridized carbons (Fsp3) is 0. The van der Waals surface area contributed by atoms with Crippen molar-refractivity contribution in [2.45, 2.75) is 0 Å². The second-order valence-electron chi connectivity index (χ2n) is 1.32. The van der Waals surface area contributed by atoms with E-state index in [0.29, 0.717) is 0 Å². The molecular formula is C7H7NO. The first-order chi connectivity index (χ1) is 4.26. The van der Waals surface area contributed by atoms with Gasteiger partial charge in [0.15, 0.2) is 0 Å². The summed E-state index contributed by atoms with van der Waals surface area (Å²) in [6.45, 7) is 6.58. The average Bonchev–Trinajstić information content (AvgIpc) is 1.90. The maximum absolute atomic E-state index is 8.79. The highest BCUT2D eigenvalue weighted by Crippen LogP contribution is 2.00. The van der Waals surface area contributed by atoms with Crippen LogP contribution in [-0.4, -0.2) is 5.11 Å². The van der Waals surface area contributed by atoms with Gasteiger partial charge in [0, 0.05) is 0 Å². The Kier molecular flexibility index (Phi) is 2.92. The minimum absolute atomic E-state index is 0.132. The lowest BCUT2D eigenvalue weighted by Gasteiger charge is -1.88. The van der Waals surface area contributed by atoms with E-state index in [0.717, 1.165) is 0 Å². The standard InChI is InChI=1S/C7H7NO/c1-3-6(5-8)7(9)4-2/h3-4,9H,1-2H2/b7-6-. The maximum Gasteiger partial charge on any atom is 0.132 e. The highest BCUT2D eigenvalue weighted by atomic mass is 16.3. The van der Waals surface area contributed by atoms with Crippen molar-refractivity contribution in [2.24, 2.45) is 0 Å². The summed E-state index contributed by atoms with van der Waals surface area (Å²) < 4.78 is 0. The van der Waals surface area contributed by atoms with Crippen molar-refractivity contribution < 1.29 is 5.11 Å². The van der Waals surface area contributed by atoms with Gasteiger partial charge in [0.05, 0.1) is 5.57 Å². The molecule has 0 unspecified atom stereocenters. The third-order valence-electron chi connectivity index (χ3n) is 0.794. The number of nitriles is 1. The van der Waals surface area contributed by atoms with Gasteiger partial charge >= 0.3 is 0 Å². The van der Waals surface area contributed by atoms with E-state index in [2.05, 4.69) is 13.2 Å². The number of nitrogens with zero attached hydrogens (tertiary/aromatic N) is 1. The summed E-state index contributed by atoms with van der Waals surface area (Å²) in [5, 5.41) is 17.0. The quantitative estimate of drug-likeness (QED) is 0.343. The van der Waals surface area contributed by atoms with Crippen LogP contribution in [0, 0.1) is 11.3 Å². The second-order valence-corrected chi connectivity index (χ2v) is 1.32. The monoisotopic (exact) mass is 121 g/mol. The van der Waals surface area contributed by atoms with Gasteiger partial charge in [-0.25, -0.2) is 0 Å². The van der Waals surface area contributed by atoms with Crippen molar-refractivity contribution in [1.29, 1.82) is 5.26 Å². The molecule has 2 heteroatoms. The van der Waals surface area contributed by atoms with Crippen molar-refractivity contribution in [3.05, 3.63) is 36.6 Å². The Labute approximate surface area is 54.0 Å². The van der Waals surface area contributed by atoms with Crippen LogP contribution in [0.1, 0.15) is 0 Å². The molecule has 0 aliphatic rings. The SMILES string of the molecule is C=C/C(O)=C(/C#N)C=C. The van der Waals surface area contributed by atoms with Crippen molar-refractivity contribution >= 4 is 0 Å². The molecule has 0 heterocycles. The first-order valence-corrected chi connectivity index (χ1v) is 2.34. The van der Waals surface area contributed by atoms with Gasteiger partial charge in [-0.1, -0.05) is 13.2 Å². The molecule has 0 bridgehead atoms. The summed E-state index contributed by atoms with van der Waals surface area (Å²) in [6.07, 6.45) is 2.47. The van der Waals surface area contributed by atoms with E-state index in [1.54, 1.807) is 6.07 Å². The third-order valence-corrected chi connectivity index (χ3v) is 0.794. The van der Waals surface area contributed by atoms with Crippen LogP contribution < -0.4 is 0 Å². The topological polar surface area (TPSA) is 44.0 Å². The summed E-state index contributed by atoms with van der Waals surface area (Å²) in [5.74, 6) is -0.132. The fourth-order valence-corrected chi connectivity index (χ4v) is 0.317. The van der Waals surface area contributed by atoms with Crippen LogP contribution >= 0.6 is 0 Å². The minimum atomic E-state index is -0.132. The molecule has 46 valence electrons. The van der Waals surface area contributed by atoms with Crippen LogP contribution in [-0.2, 0) is 0 Å². The van der Waals surface area contributed by atoms with Crippen LogP contribution in [0.5, 0.6) is 0 Å². The van der Waals surface area contributed by atoms with E-state index in [1.807, 2.05) is 0 Å². The Balaban J connectivity index is 4.63. The van der Waals surface area contributed by atoms with Crippen molar-refractivity contribution in [2.75, 3.05) is 0 Å². The molecule has 0 amide bonds. The number of rotatable bonds is 2. The van der Waals surface area contributed by atoms with E-state index in [1.165, 1.54) is 12.2 Å². The summed E-state index contributed by atoms with van der Waals surface area (Å²) in [7, 11) is 0. The third kappa shape index (κ3) is 1.83. The normalized spacial score (nSPS) is 11.0. The number of allylic oxidation sites excluding steroid dienone is 3. The van der Waals surface area contributed by atoms with Crippen LogP contribution in [0.3, 0.4) is 0 Å². The zero-order chi connectivity index (χ0) is 7.28. The van der Waals surface area contributed by atoms with E-state index in [9.17, 15) is 0 Å². The fourth-order valence-electron chi connectivity index (χ4n) is 0.317. The second kappa shape index (κ2) is 3.50. The summed E-state index contributed by atoms with van der Waals surface area (Å²) in [6, 6.07) is 1.74. The van der Waals surface area contributed by atoms with Gasteiger partial charge in [-0.2, -0.15) is 5.26 Å². The number of aliphatic hydroxyl groups excluding tert-OH is 1. The smallest absolute Gasteiger partial charge is 0.132 e. The molecule has 9 heavy (non-hydrogen) atoms. The average molecular weight is 121 g/mol.